The number of carbonyl (C=O) groups excluding carboxylic acids is 2. The molecule has 142 valence electrons. The lowest BCUT2D eigenvalue weighted by Crippen LogP contribution is -2.36. The van der Waals surface area contributed by atoms with Gasteiger partial charge in [0.15, 0.2) is 0 Å². The fraction of sp³-hybridized carbons (Fsp3) is 0.556. The first-order valence-corrected chi connectivity index (χ1v) is 11.1. The number of phenolic OH excluding ortho intramolecular Hbond substituents is 1. The molecule has 1 aromatic carbocycles. The number of nitrogens with one attached hydrogen (secondary N) is 3. The van der Waals surface area contributed by atoms with Crippen LogP contribution in [0.5, 0.6) is 5.75 Å². The standard InChI is InChI=1S/C18H24IN3O3S/c19-12-9-11(5-6-14(12)23)7-8-20-16(24)4-2-1-3-15-17-13(10-26-15)21-18(25)22-17/h5-6,9,13,15,17,23H,1-4,7-8,10H2,(H,20,24)(H2,21,22,25)/t13-,15-,17-/m0/s1. The molecule has 4 N–H and O–H groups in total. The smallest absolute Gasteiger partial charge is 0.315 e. The van der Waals surface area contributed by atoms with Crippen LogP contribution in [0.15, 0.2) is 18.2 Å². The molecule has 2 aliphatic rings. The van der Waals surface area contributed by atoms with Crippen LogP contribution < -0.4 is 16.0 Å². The molecular formula is C18H24IN3O3S. The lowest BCUT2D eigenvalue weighted by Gasteiger charge is -2.16. The number of urea groups is 1. The molecule has 8 heteroatoms. The molecule has 26 heavy (non-hydrogen) atoms. The highest BCUT2D eigenvalue weighted by Crippen LogP contribution is 2.33. The van der Waals surface area contributed by atoms with Gasteiger partial charge in [-0.05, 0) is 59.5 Å². The first kappa shape index (κ1) is 19.6. The zero-order valence-electron chi connectivity index (χ0n) is 14.5. The fourth-order valence-corrected chi connectivity index (χ4v) is 5.54. The van der Waals surface area contributed by atoms with Gasteiger partial charge in [0, 0.05) is 24.0 Å². The number of unbranched alkanes of at least 4 members (excludes halogenated alkanes) is 1. The van der Waals surface area contributed by atoms with E-state index >= 15 is 0 Å². The Balaban J connectivity index is 1.27. The minimum Gasteiger partial charge on any atom is -0.507 e. The topological polar surface area (TPSA) is 90.5 Å². The summed E-state index contributed by atoms with van der Waals surface area (Å²) in [6.07, 6.45) is 4.21. The van der Waals surface area contributed by atoms with Gasteiger partial charge in [-0.2, -0.15) is 11.8 Å². The average molecular weight is 489 g/mol. The van der Waals surface area contributed by atoms with E-state index in [9.17, 15) is 14.7 Å². The number of rotatable bonds is 8. The Labute approximate surface area is 171 Å². The number of carbonyl (C=O) groups is 2. The van der Waals surface area contributed by atoms with Gasteiger partial charge < -0.3 is 21.1 Å². The van der Waals surface area contributed by atoms with E-state index in [4.69, 9.17) is 0 Å². The summed E-state index contributed by atoms with van der Waals surface area (Å²) in [5.74, 6) is 1.36. The summed E-state index contributed by atoms with van der Waals surface area (Å²) in [5, 5.41) is 18.9. The first-order chi connectivity index (χ1) is 12.5. The van der Waals surface area contributed by atoms with E-state index in [2.05, 4.69) is 38.5 Å². The molecule has 0 bridgehead atoms. The predicted octanol–water partition coefficient (Wildman–Crippen LogP) is 2.38. The van der Waals surface area contributed by atoms with E-state index in [0.717, 1.165) is 40.6 Å². The summed E-state index contributed by atoms with van der Waals surface area (Å²) in [7, 11) is 0. The minimum absolute atomic E-state index is 0.0482. The predicted molar refractivity (Wildman–Crippen MR) is 111 cm³/mol. The van der Waals surface area contributed by atoms with Crippen molar-refractivity contribution in [2.75, 3.05) is 12.3 Å². The zero-order chi connectivity index (χ0) is 18.5. The zero-order valence-corrected chi connectivity index (χ0v) is 17.4. The molecular weight excluding hydrogens is 465 g/mol. The van der Waals surface area contributed by atoms with Gasteiger partial charge in [0.2, 0.25) is 5.91 Å². The van der Waals surface area contributed by atoms with Crippen LogP contribution >= 0.6 is 34.4 Å². The van der Waals surface area contributed by atoms with Crippen LogP contribution in [0.1, 0.15) is 31.2 Å². The molecule has 2 aliphatic heterocycles. The van der Waals surface area contributed by atoms with Crippen molar-refractivity contribution in [3.8, 4) is 5.75 Å². The number of thioether (sulfide) groups is 1. The third-order valence-corrected chi connectivity index (χ3v) is 7.20. The van der Waals surface area contributed by atoms with Crippen LogP contribution in [0, 0.1) is 3.57 Å². The van der Waals surface area contributed by atoms with E-state index in [1.165, 1.54) is 0 Å². The molecule has 0 spiro atoms. The summed E-state index contributed by atoms with van der Waals surface area (Å²) in [5.41, 5.74) is 1.10. The normalized spacial score (nSPS) is 24.0. The van der Waals surface area contributed by atoms with Crippen molar-refractivity contribution < 1.29 is 14.7 Å². The quantitative estimate of drug-likeness (QED) is 0.257. The number of aromatic hydroxyl groups is 1. The van der Waals surface area contributed by atoms with Crippen molar-refractivity contribution in [1.82, 2.24) is 16.0 Å². The highest BCUT2D eigenvalue weighted by Gasteiger charge is 2.42. The van der Waals surface area contributed by atoms with E-state index < -0.39 is 0 Å². The second kappa shape index (κ2) is 9.16. The molecule has 0 aliphatic carbocycles. The largest absolute Gasteiger partial charge is 0.507 e. The average Bonchev–Trinajstić information content (AvgIpc) is 3.14. The molecule has 6 nitrogen and oxygen atoms in total. The summed E-state index contributed by atoms with van der Waals surface area (Å²) in [6, 6.07) is 5.97. The molecule has 0 unspecified atom stereocenters. The van der Waals surface area contributed by atoms with Crippen molar-refractivity contribution in [2.24, 2.45) is 0 Å². The van der Waals surface area contributed by atoms with Gasteiger partial charge in [0.25, 0.3) is 0 Å². The number of phenols is 1. The Hall–Kier alpha value is -1.16. The molecule has 2 saturated heterocycles. The van der Waals surface area contributed by atoms with Crippen LogP contribution in [0.4, 0.5) is 4.79 Å². The maximum atomic E-state index is 12.0. The van der Waals surface area contributed by atoms with Crippen molar-refractivity contribution in [1.29, 1.82) is 0 Å². The van der Waals surface area contributed by atoms with Crippen molar-refractivity contribution >= 4 is 46.3 Å². The van der Waals surface area contributed by atoms with Gasteiger partial charge in [-0.15, -0.1) is 0 Å². The van der Waals surface area contributed by atoms with Crippen LogP contribution in [0.3, 0.4) is 0 Å². The molecule has 0 radical (unpaired) electrons. The van der Waals surface area contributed by atoms with Gasteiger partial charge in [0.05, 0.1) is 15.7 Å². The van der Waals surface area contributed by atoms with Gasteiger partial charge in [-0.3, -0.25) is 4.79 Å². The van der Waals surface area contributed by atoms with Gasteiger partial charge >= 0.3 is 6.03 Å². The van der Waals surface area contributed by atoms with E-state index in [0.29, 0.717) is 18.2 Å². The van der Waals surface area contributed by atoms with Gasteiger partial charge in [0.1, 0.15) is 5.75 Å². The van der Waals surface area contributed by atoms with Crippen molar-refractivity contribution in [2.45, 2.75) is 49.4 Å². The molecule has 2 fully saturated rings. The van der Waals surface area contributed by atoms with E-state index in [1.807, 2.05) is 23.9 Å². The highest BCUT2D eigenvalue weighted by molar-refractivity contribution is 14.1. The van der Waals surface area contributed by atoms with Crippen molar-refractivity contribution in [3.05, 3.63) is 27.3 Å². The molecule has 2 heterocycles. The summed E-state index contributed by atoms with van der Waals surface area (Å²) in [6.45, 7) is 0.611. The van der Waals surface area contributed by atoms with Crippen molar-refractivity contribution in [3.63, 3.8) is 0 Å². The lowest BCUT2D eigenvalue weighted by molar-refractivity contribution is -0.121. The Morgan fingerprint density at radius 1 is 1.35 bits per heavy atom. The Kier molecular flexibility index (Phi) is 6.91. The first-order valence-electron chi connectivity index (χ1n) is 8.95. The number of amides is 3. The molecule has 0 saturated carbocycles. The molecule has 3 rings (SSSR count). The van der Waals surface area contributed by atoms with Gasteiger partial charge in [-0.25, -0.2) is 4.79 Å². The third kappa shape index (κ3) is 5.18. The second-order valence-corrected chi connectivity index (χ2v) is 9.19. The highest BCUT2D eigenvalue weighted by atomic mass is 127. The Morgan fingerprint density at radius 3 is 3.00 bits per heavy atom. The fourth-order valence-electron chi connectivity index (χ4n) is 3.41. The summed E-state index contributed by atoms with van der Waals surface area (Å²) >= 11 is 4.01. The van der Waals surface area contributed by atoms with Crippen LogP contribution in [-0.4, -0.2) is 46.7 Å². The Bertz CT molecular complexity index is 673. The SMILES string of the molecule is O=C(CCCC[C@@H]1SC[C@@H]2NC(=O)N[C@@H]21)NCCc1ccc(O)c(I)c1. The minimum atomic E-state index is -0.0482. The van der Waals surface area contributed by atoms with E-state index in [-0.39, 0.29) is 29.8 Å². The second-order valence-electron chi connectivity index (χ2n) is 6.75. The monoisotopic (exact) mass is 489 g/mol. The van der Waals surface area contributed by atoms with Crippen LogP contribution in [0.25, 0.3) is 0 Å². The molecule has 0 aromatic heterocycles. The number of halogens is 1. The molecule has 3 amide bonds. The maximum Gasteiger partial charge on any atom is 0.315 e. The summed E-state index contributed by atoms with van der Waals surface area (Å²) < 4.78 is 0.826. The third-order valence-electron chi connectivity index (χ3n) is 4.83. The van der Waals surface area contributed by atoms with Crippen LogP contribution in [0.2, 0.25) is 0 Å². The summed E-state index contributed by atoms with van der Waals surface area (Å²) in [4.78, 5) is 23.3. The number of hydrogen-bond donors (Lipinski definition) is 4. The maximum absolute atomic E-state index is 12.0. The van der Waals surface area contributed by atoms with Gasteiger partial charge in [-0.1, -0.05) is 12.5 Å². The van der Waals surface area contributed by atoms with E-state index in [1.54, 1.807) is 6.07 Å². The Morgan fingerprint density at radius 2 is 2.19 bits per heavy atom. The lowest BCUT2D eigenvalue weighted by atomic mass is 10.0. The van der Waals surface area contributed by atoms with Crippen LogP contribution in [-0.2, 0) is 11.2 Å². The number of benzene rings is 1. The molecule has 3 atom stereocenters. The number of hydrogen-bond acceptors (Lipinski definition) is 4. The molecule has 1 aromatic rings. The number of fused-ring (bicyclic) bond motifs is 1.